The van der Waals surface area contributed by atoms with Crippen LogP contribution in [0.15, 0.2) is 194 Å². The third kappa shape index (κ3) is 12.3. The van der Waals surface area contributed by atoms with E-state index in [2.05, 4.69) is 198 Å². The summed E-state index contributed by atoms with van der Waals surface area (Å²) in [7, 11) is 0. The van der Waals surface area contributed by atoms with Crippen molar-refractivity contribution in [1.29, 1.82) is 0 Å². The molecule has 3 heterocycles. The van der Waals surface area contributed by atoms with Gasteiger partial charge < -0.3 is 19.1 Å². The Hall–Kier alpha value is -9.11. The van der Waals surface area contributed by atoms with Crippen LogP contribution in [0.4, 0.5) is 44.7 Å². The summed E-state index contributed by atoms with van der Waals surface area (Å²) in [5, 5.41) is 2.00. The van der Waals surface area contributed by atoms with Gasteiger partial charge in [0.15, 0.2) is 23.3 Å². The van der Waals surface area contributed by atoms with Gasteiger partial charge in [0.25, 0.3) is 0 Å². The van der Waals surface area contributed by atoms with E-state index < -0.39 is 34.6 Å². The summed E-state index contributed by atoms with van der Waals surface area (Å²) in [5.74, 6) is -8.61. The summed E-state index contributed by atoms with van der Waals surface area (Å²) in [6, 6.07) is 69.5. The zero-order valence-corrected chi connectivity index (χ0v) is 57.9. The predicted molar refractivity (Wildman–Crippen MR) is 375 cm³/mol. The second-order valence-electron chi connectivity index (χ2n) is 28.4. The molecule has 0 bridgehead atoms. The molecule has 11 heteroatoms. The zero-order chi connectivity index (χ0) is 66.4. The number of halogens is 5. The molecule has 1 aliphatic rings. The minimum Gasteiger partial charge on any atom is -0.509 e. The molecule has 0 saturated heterocycles. The molecule has 0 saturated carbocycles. The topological polar surface area (TPSA) is 33.5 Å². The van der Waals surface area contributed by atoms with Crippen LogP contribution in [0.3, 0.4) is 0 Å². The number of fused-ring (bicyclic) bond motifs is 4. The van der Waals surface area contributed by atoms with Crippen molar-refractivity contribution in [1.82, 2.24) is 9.55 Å². The summed E-state index contributed by atoms with van der Waals surface area (Å²) in [4.78, 5) is 8.70. The van der Waals surface area contributed by atoms with Gasteiger partial charge >= 0.3 is 0 Å². The van der Waals surface area contributed by atoms with Crippen molar-refractivity contribution in [3.63, 3.8) is 0 Å². The van der Waals surface area contributed by atoms with E-state index in [1.165, 1.54) is 6.07 Å². The van der Waals surface area contributed by atoms with Gasteiger partial charge in [0.2, 0.25) is 5.82 Å². The summed E-state index contributed by atoms with van der Waals surface area (Å²) in [5.41, 5.74) is 13.1. The van der Waals surface area contributed by atoms with Gasteiger partial charge in [-0.05, 0) is 137 Å². The Balaban J connectivity index is 0.00000864. The zero-order valence-electron chi connectivity index (χ0n) is 55.6. The fourth-order valence-electron chi connectivity index (χ4n) is 13.0. The summed E-state index contributed by atoms with van der Waals surface area (Å²) in [6.45, 7) is 29.9. The smallest absolute Gasteiger partial charge is 0.200 e. The van der Waals surface area contributed by atoms with Gasteiger partial charge in [0.1, 0.15) is 5.82 Å². The van der Waals surface area contributed by atoms with Crippen molar-refractivity contribution >= 4 is 44.6 Å². The molecule has 1 aliphatic heterocycles. The molecular formula is C84H74F5N4OPt-3. The van der Waals surface area contributed by atoms with Crippen LogP contribution in [0.5, 0.6) is 11.5 Å². The number of anilines is 4. The van der Waals surface area contributed by atoms with E-state index >= 15 is 22.0 Å². The van der Waals surface area contributed by atoms with E-state index in [1.807, 2.05) is 114 Å². The fourth-order valence-corrected chi connectivity index (χ4v) is 13.0. The van der Waals surface area contributed by atoms with Crippen LogP contribution in [0.2, 0.25) is 0 Å². The van der Waals surface area contributed by atoms with Crippen molar-refractivity contribution < 1.29 is 47.8 Å². The van der Waals surface area contributed by atoms with E-state index in [0.29, 0.717) is 50.8 Å². The normalized spacial score (nSPS) is 12.8. The Morgan fingerprint density at radius 1 is 0.432 bits per heavy atom. The standard InChI is InChI=1S/C84H74F5N4O.Pt/c1-49(2)65-40-53(51-24-16-14-17-25-51)41-66(50(3)4)74(65)56-38-60(46-62(39-56)94-61-32-33-64-63-28-20-21-29-69(63)93(72(64)47-61)73-45-57(34-35-90-73)82(5,6)7)91-48-92(71-31-23-22-30-70(71)91)81-67(55-36-58(83(8,9)10)44-59(37-55)84(11,12)13)42-54(52-26-18-15-19-27-52)43-68(81)75-76(85)78(87)80(89)79(88)77(75)86;/h14-45,48-50H,1-13H3;/q-3;. The number of pyridine rings is 1. The first kappa shape index (κ1) is 65.9. The SMILES string of the molecule is CC(C)c1cc(-c2ccccc2)cc(C(C)C)c1-c1cc(Oc2[c-]c3c(cc2)c2ccccc2n3-c2cc(C(C)(C)C)ccn2)[c-]c(N2[CH-]N(c3c(-c4cc(C(C)(C)C)cc(C(C)(C)C)c4)cc(-c4ccccc4)cc3-c3c(F)c(F)c(F)c(F)c3F)c3ccccc32)c1.[Pt]. The largest absolute Gasteiger partial charge is 0.509 e. The predicted octanol–water partition coefficient (Wildman–Crippen LogP) is 24.1. The van der Waals surface area contributed by atoms with Crippen LogP contribution in [0.25, 0.3) is 83.3 Å². The molecular weight excluding hydrogens is 1370 g/mol. The summed E-state index contributed by atoms with van der Waals surface area (Å²) < 4.78 is 91.1. The average Bonchev–Trinajstić information content (AvgIpc) is 1.72. The molecule has 484 valence electrons. The van der Waals surface area contributed by atoms with Crippen LogP contribution >= 0.6 is 0 Å². The van der Waals surface area contributed by atoms with Gasteiger partial charge in [-0.1, -0.05) is 217 Å². The van der Waals surface area contributed by atoms with E-state index in [1.54, 1.807) is 0 Å². The van der Waals surface area contributed by atoms with Crippen LogP contribution in [-0.4, -0.2) is 9.55 Å². The Morgan fingerprint density at radius 2 is 0.958 bits per heavy atom. The molecule has 2 aromatic heterocycles. The Morgan fingerprint density at radius 3 is 1.54 bits per heavy atom. The molecule has 0 atom stereocenters. The molecule has 0 N–H and O–H groups in total. The first-order valence-electron chi connectivity index (χ1n) is 32.1. The van der Waals surface area contributed by atoms with E-state index in [9.17, 15) is 0 Å². The van der Waals surface area contributed by atoms with Crippen LogP contribution in [0.1, 0.15) is 130 Å². The summed E-state index contributed by atoms with van der Waals surface area (Å²) in [6.07, 6.45) is 1.85. The third-order valence-electron chi connectivity index (χ3n) is 18.1. The van der Waals surface area contributed by atoms with Crippen LogP contribution < -0.4 is 14.5 Å². The molecule has 5 nitrogen and oxygen atoms in total. The van der Waals surface area contributed by atoms with Crippen molar-refractivity contribution in [3.8, 4) is 73.0 Å². The average molecular weight is 1450 g/mol. The number of para-hydroxylation sites is 3. The molecule has 0 radical (unpaired) electrons. The number of nitrogens with zero attached hydrogens (tertiary/aromatic N) is 4. The minimum atomic E-state index is -2.25. The molecule has 12 aromatic rings. The van der Waals surface area contributed by atoms with Crippen LogP contribution in [-0.2, 0) is 37.3 Å². The maximum Gasteiger partial charge on any atom is 0.200 e. The minimum absolute atomic E-state index is 0. The van der Waals surface area contributed by atoms with Crippen molar-refractivity contribution in [2.45, 2.75) is 118 Å². The Kier molecular flexibility index (Phi) is 17.5. The van der Waals surface area contributed by atoms with Gasteiger partial charge in [0.05, 0.1) is 5.56 Å². The van der Waals surface area contributed by atoms with Gasteiger partial charge in [-0.3, -0.25) is 0 Å². The Bertz CT molecular complexity index is 4850. The molecule has 0 spiro atoms. The molecule has 0 unspecified atom stereocenters. The molecule has 10 aromatic carbocycles. The second-order valence-corrected chi connectivity index (χ2v) is 28.4. The van der Waals surface area contributed by atoms with E-state index in [-0.39, 0.29) is 60.4 Å². The molecule has 13 rings (SSSR count). The number of benzene rings is 10. The van der Waals surface area contributed by atoms with Crippen LogP contribution in [0, 0.1) is 47.9 Å². The molecule has 95 heavy (non-hydrogen) atoms. The van der Waals surface area contributed by atoms with E-state index in [0.717, 1.165) is 77.7 Å². The van der Waals surface area contributed by atoms with Crippen molar-refractivity contribution in [3.05, 3.63) is 270 Å². The number of aromatic nitrogens is 2. The maximum atomic E-state index is 17.2. The number of hydrogen-bond donors (Lipinski definition) is 0. The van der Waals surface area contributed by atoms with Crippen molar-refractivity contribution in [2.75, 3.05) is 9.80 Å². The van der Waals surface area contributed by atoms with E-state index in [4.69, 9.17) is 9.72 Å². The second kappa shape index (κ2) is 25.2. The number of hydrogen-bond acceptors (Lipinski definition) is 4. The number of rotatable bonds is 12. The Labute approximate surface area is 569 Å². The van der Waals surface area contributed by atoms with Gasteiger partial charge in [-0.2, -0.15) is 6.07 Å². The summed E-state index contributed by atoms with van der Waals surface area (Å²) >= 11 is 0. The maximum absolute atomic E-state index is 17.2. The molecule has 0 aliphatic carbocycles. The third-order valence-corrected chi connectivity index (χ3v) is 18.1. The fraction of sp³-hybridized carbons (Fsp3) is 0.214. The van der Waals surface area contributed by atoms with Crippen molar-refractivity contribution in [2.24, 2.45) is 0 Å². The first-order valence-corrected chi connectivity index (χ1v) is 32.1. The van der Waals surface area contributed by atoms with Gasteiger partial charge in [-0.15, -0.1) is 53.6 Å². The van der Waals surface area contributed by atoms with Gasteiger partial charge in [0, 0.05) is 72.5 Å². The number of ether oxygens (including phenoxy) is 1. The quantitative estimate of drug-likeness (QED) is 0.0528. The van der Waals surface area contributed by atoms with Gasteiger partial charge in [-0.25, -0.2) is 26.9 Å². The first-order chi connectivity index (χ1) is 44.7. The molecule has 0 amide bonds. The molecule has 0 fully saturated rings. The monoisotopic (exact) mass is 1440 g/mol.